The van der Waals surface area contributed by atoms with Gasteiger partial charge >= 0.3 is 0 Å². The van der Waals surface area contributed by atoms with Crippen LogP contribution in [-0.2, 0) is 4.79 Å². The fourth-order valence-electron chi connectivity index (χ4n) is 5.11. The first-order valence-corrected chi connectivity index (χ1v) is 10.1. The zero-order valence-electron chi connectivity index (χ0n) is 16.1. The Hall–Kier alpha value is -3.20. The number of nitriles is 1. The number of aromatic nitrogens is 1. The van der Waals surface area contributed by atoms with Gasteiger partial charge in [-0.05, 0) is 36.8 Å². The van der Waals surface area contributed by atoms with Gasteiger partial charge in [0.05, 0.1) is 18.2 Å². The van der Waals surface area contributed by atoms with Crippen molar-refractivity contribution in [3.8, 4) is 11.9 Å². The summed E-state index contributed by atoms with van der Waals surface area (Å²) in [5, 5.41) is 15.0. The van der Waals surface area contributed by atoms with Gasteiger partial charge in [-0.3, -0.25) is 4.79 Å². The summed E-state index contributed by atoms with van der Waals surface area (Å²) in [6.07, 6.45) is 7.03. The van der Waals surface area contributed by atoms with E-state index in [9.17, 15) is 4.79 Å². The number of hydrogen-bond donors (Lipinski definition) is 0. The van der Waals surface area contributed by atoms with E-state index in [1.165, 1.54) is 6.20 Å². The van der Waals surface area contributed by atoms with E-state index in [1.54, 1.807) is 17.1 Å². The van der Waals surface area contributed by atoms with Crippen LogP contribution >= 0.6 is 0 Å². The first-order valence-electron chi connectivity index (χ1n) is 10.1. The van der Waals surface area contributed by atoms with Crippen molar-refractivity contribution in [3.63, 3.8) is 0 Å². The van der Waals surface area contributed by atoms with E-state index in [-0.39, 0.29) is 23.3 Å². The number of carbonyl (C=O) groups excluding carboxylic acids is 1. The average Bonchev–Trinajstić information content (AvgIpc) is 3.46. The van der Waals surface area contributed by atoms with Crippen LogP contribution < -0.4 is 4.74 Å². The van der Waals surface area contributed by atoms with E-state index >= 15 is 0 Å². The van der Waals surface area contributed by atoms with Gasteiger partial charge in [-0.2, -0.15) is 10.4 Å². The molecule has 2 heterocycles. The third-order valence-electron chi connectivity index (χ3n) is 6.56. The minimum absolute atomic E-state index is 0.0107. The SMILES string of the molecule is N#Cc1ccc(OCC23CC(C2)C(C(=O)N2N=CCC2c2ccccc2)C3)nc1. The molecule has 0 radical (unpaired) electrons. The van der Waals surface area contributed by atoms with Crippen LogP contribution in [0.5, 0.6) is 5.88 Å². The van der Waals surface area contributed by atoms with Crippen molar-refractivity contribution in [2.24, 2.45) is 22.4 Å². The van der Waals surface area contributed by atoms with E-state index in [1.807, 2.05) is 24.4 Å². The lowest BCUT2D eigenvalue weighted by molar-refractivity contribution is -0.138. The second-order valence-corrected chi connectivity index (χ2v) is 8.41. The maximum absolute atomic E-state index is 13.3. The molecule has 2 aromatic rings. The molecule has 3 saturated carbocycles. The minimum atomic E-state index is 0.0107. The summed E-state index contributed by atoms with van der Waals surface area (Å²) in [5.74, 6) is 1.12. The zero-order valence-corrected chi connectivity index (χ0v) is 16.1. The predicted octanol–water partition coefficient (Wildman–Crippen LogP) is 3.71. The van der Waals surface area contributed by atoms with Crippen LogP contribution in [0.15, 0.2) is 53.8 Å². The number of rotatable bonds is 5. The van der Waals surface area contributed by atoms with Crippen LogP contribution in [0.4, 0.5) is 0 Å². The Labute approximate surface area is 169 Å². The number of benzene rings is 1. The van der Waals surface area contributed by atoms with Gasteiger partial charge in [-0.15, -0.1) is 0 Å². The van der Waals surface area contributed by atoms with Gasteiger partial charge in [0.2, 0.25) is 11.8 Å². The van der Waals surface area contributed by atoms with Crippen molar-refractivity contribution in [3.05, 3.63) is 59.8 Å². The largest absolute Gasteiger partial charge is 0.477 e. The van der Waals surface area contributed by atoms with Gasteiger partial charge in [0.25, 0.3) is 0 Å². The summed E-state index contributed by atoms with van der Waals surface area (Å²) in [6, 6.07) is 15.6. The van der Waals surface area contributed by atoms with Crippen LogP contribution in [0, 0.1) is 28.6 Å². The summed E-state index contributed by atoms with van der Waals surface area (Å²) in [5.41, 5.74) is 1.71. The second kappa shape index (κ2) is 7.00. The number of amides is 1. The Kier molecular flexibility index (Phi) is 4.31. The summed E-state index contributed by atoms with van der Waals surface area (Å²) in [7, 11) is 0. The molecular weight excluding hydrogens is 364 g/mol. The number of pyridine rings is 1. The highest BCUT2D eigenvalue weighted by atomic mass is 16.5. The second-order valence-electron chi connectivity index (χ2n) is 8.41. The molecule has 29 heavy (non-hydrogen) atoms. The molecule has 1 aliphatic heterocycles. The smallest absolute Gasteiger partial charge is 0.246 e. The van der Waals surface area contributed by atoms with Crippen molar-refractivity contribution in [1.82, 2.24) is 9.99 Å². The summed E-state index contributed by atoms with van der Waals surface area (Å²) >= 11 is 0. The highest BCUT2D eigenvalue weighted by Gasteiger charge is 2.59. The Balaban J connectivity index is 1.23. The van der Waals surface area contributed by atoms with Crippen LogP contribution in [0.3, 0.4) is 0 Å². The first-order chi connectivity index (χ1) is 14.2. The molecule has 6 rings (SSSR count). The summed E-state index contributed by atoms with van der Waals surface area (Å²) in [4.78, 5) is 17.5. The third kappa shape index (κ3) is 3.17. The van der Waals surface area contributed by atoms with Crippen molar-refractivity contribution < 1.29 is 9.53 Å². The van der Waals surface area contributed by atoms with Gasteiger partial charge in [0.1, 0.15) is 6.07 Å². The normalized spacial score (nSPS) is 29.3. The number of nitrogens with zero attached hydrogens (tertiary/aromatic N) is 4. The van der Waals surface area contributed by atoms with E-state index in [0.29, 0.717) is 24.0 Å². The number of fused-ring (bicyclic) bond motifs is 1. The monoisotopic (exact) mass is 386 g/mol. The molecule has 3 aliphatic carbocycles. The quantitative estimate of drug-likeness (QED) is 0.785. The Morgan fingerprint density at radius 3 is 2.76 bits per heavy atom. The molecular formula is C23H22N4O2. The average molecular weight is 386 g/mol. The van der Waals surface area contributed by atoms with E-state index in [4.69, 9.17) is 10.00 Å². The van der Waals surface area contributed by atoms with Gasteiger partial charge in [-0.1, -0.05) is 30.3 Å². The highest BCUT2D eigenvalue weighted by Crippen LogP contribution is 2.62. The van der Waals surface area contributed by atoms with Crippen molar-refractivity contribution in [2.45, 2.75) is 31.7 Å². The van der Waals surface area contributed by atoms with E-state index < -0.39 is 0 Å². The van der Waals surface area contributed by atoms with Gasteiger partial charge < -0.3 is 4.74 Å². The lowest BCUT2D eigenvalue weighted by Gasteiger charge is -2.38. The van der Waals surface area contributed by atoms with Crippen LogP contribution in [0.2, 0.25) is 0 Å². The van der Waals surface area contributed by atoms with E-state index in [2.05, 4.69) is 28.3 Å². The molecule has 2 atom stereocenters. The van der Waals surface area contributed by atoms with Gasteiger partial charge in [0.15, 0.2) is 0 Å². The molecule has 1 aromatic heterocycles. The van der Waals surface area contributed by atoms with Crippen molar-refractivity contribution >= 4 is 12.1 Å². The zero-order chi connectivity index (χ0) is 19.8. The standard InChI is InChI=1S/C23H22N4O2/c24-13-16-6-7-21(25-14-16)29-15-23-10-18(11-23)19(12-23)22(28)27-20(8-9-26-27)17-4-2-1-3-5-17/h1-7,9,14,18-20H,8,10-12,15H2. The fourth-order valence-corrected chi connectivity index (χ4v) is 5.11. The van der Waals surface area contributed by atoms with Crippen LogP contribution in [0.1, 0.15) is 42.9 Å². The molecule has 6 nitrogen and oxygen atoms in total. The van der Waals surface area contributed by atoms with Crippen molar-refractivity contribution in [2.75, 3.05) is 6.61 Å². The molecule has 2 bridgehead atoms. The Morgan fingerprint density at radius 1 is 1.21 bits per heavy atom. The molecule has 146 valence electrons. The molecule has 0 spiro atoms. The lowest BCUT2D eigenvalue weighted by atomic mass is 9.70. The lowest BCUT2D eigenvalue weighted by Crippen LogP contribution is -2.36. The van der Waals surface area contributed by atoms with Crippen LogP contribution in [0.25, 0.3) is 0 Å². The highest BCUT2D eigenvalue weighted by molar-refractivity contribution is 5.83. The molecule has 6 heteroatoms. The molecule has 2 unspecified atom stereocenters. The third-order valence-corrected chi connectivity index (χ3v) is 6.56. The maximum Gasteiger partial charge on any atom is 0.246 e. The summed E-state index contributed by atoms with van der Waals surface area (Å²) < 4.78 is 5.90. The topological polar surface area (TPSA) is 78.6 Å². The maximum atomic E-state index is 13.3. The van der Waals surface area contributed by atoms with Gasteiger partial charge in [0, 0.05) is 36.2 Å². The number of hydrogen-bond acceptors (Lipinski definition) is 5. The van der Waals surface area contributed by atoms with Gasteiger partial charge in [-0.25, -0.2) is 9.99 Å². The molecule has 3 fully saturated rings. The molecule has 0 saturated heterocycles. The predicted molar refractivity (Wildman–Crippen MR) is 107 cm³/mol. The molecule has 1 aromatic carbocycles. The number of hydrazone groups is 1. The molecule has 4 aliphatic rings. The Morgan fingerprint density at radius 2 is 2.03 bits per heavy atom. The molecule has 1 amide bonds. The number of carbonyl (C=O) groups is 1. The van der Waals surface area contributed by atoms with E-state index in [0.717, 1.165) is 31.2 Å². The Bertz CT molecular complexity index is 974. The number of ether oxygens (including phenoxy) is 1. The first kappa shape index (κ1) is 17.9. The molecule has 0 N–H and O–H groups in total. The summed E-state index contributed by atoms with van der Waals surface area (Å²) in [6.45, 7) is 0.567. The fraction of sp³-hybridized carbons (Fsp3) is 0.391. The van der Waals surface area contributed by atoms with Crippen molar-refractivity contribution in [1.29, 1.82) is 5.26 Å². The minimum Gasteiger partial charge on any atom is -0.477 e. The van der Waals surface area contributed by atoms with Crippen LogP contribution in [-0.4, -0.2) is 28.7 Å².